The van der Waals surface area contributed by atoms with E-state index in [1.807, 2.05) is 6.92 Å². The van der Waals surface area contributed by atoms with Crippen molar-refractivity contribution in [1.82, 2.24) is 15.3 Å². The van der Waals surface area contributed by atoms with Gasteiger partial charge in [-0.25, -0.2) is 9.97 Å². The van der Waals surface area contributed by atoms with Crippen LogP contribution in [0.1, 0.15) is 55.5 Å². The minimum Gasteiger partial charge on any atom is -0.322 e. The highest BCUT2D eigenvalue weighted by Gasteiger charge is 2.21. The standard InChI is InChI=1S/C11H18N4/c1-6(2)10-8-4-13-5-9(8)14-11(15-10)7(3)12/h6-7,13H,4-5,12H2,1-3H3. The Labute approximate surface area is 90.3 Å². The molecule has 0 fully saturated rings. The molecule has 2 heterocycles. The molecule has 4 heteroatoms. The lowest BCUT2D eigenvalue weighted by Gasteiger charge is -2.13. The molecule has 1 atom stereocenters. The van der Waals surface area contributed by atoms with Crippen LogP contribution in [-0.4, -0.2) is 9.97 Å². The molecule has 1 aromatic heterocycles. The van der Waals surface area contributed by atoms with Crippen LogP contribution in [0.5, 0.6) is 0 Å². The zero-order valence-electron chi connectivity index (χ0n) is 9.54. The van der Waals surface area contributed by atoms with Gasteiger partial charge in [-0.3, -0.25) is 0 Å². The van der Waals surface area contributed by atoms with E-state index in [-0.39, 0.29) is 6.04 Å². The monoisotopic (exact) mass is 206 g/mol. The molecule has 1 aromatic rings. The first-order valence-corrected chi connectivity index (χ1v) is 5.45. The van der Waals surface area contributed by atoms with Crippen molar-refractivity contribution in [3.63, 3.8) is 0 Å². The Hall–Kier alpha value is -1.00. The van der Waals surface area contributed by atoms with E-state index in [0.29, 0.717) is 5.92 Å². The molecule has 2 rings (SSSR count). The van der Waals surface area contributed by atoms with Crippen molar-refractivity contribution in [3.05, 3.63) is 22.8 Å². The fourth-order valence-electron chi connectivity index (χ4n) is 1.90. The molecule has 0 saturated heterocycles. The zero-order valence-corrected chi connectivity index (χ0v) is 9.54. The summed E-state index contributed by atoms with van der Waals surface area (Å²) >= 11 is 0. The summed E-state index contributed by atoms with van der Waals surface area (Å²) in [6.45, 7) is 7.98. The van der Waals surface area contributed by atoms with Crippen molar-refractivity contribution in [1.29, 1.82) is 0 Å². The third kappa shape index (κ3) is 1.87. The second-order valence-corrected chi connectivity index (χ2v) is 4.44. The van der Waals surface area contributed by atoms with Crippen LogP contribution >= 0.6 is 0 Å². The molecule has 0 aliphatic carbocycles. The van der Waals surface area contributed by atoms with Gasteiger partial charge in [0.2, 0.25) is 0 Å². The maximum Gasteiger partial charge on any atom is 0.145 e. The Bertz CT molecular complexity index is 371. The molecule has 0 aromatic carbocycles. The molecule has 15 heavy (non-hydrogen) atoms. The third-order valence-electron chi connectivity index (χ3n) is 2.69. The summed E-state index contributed by atoms with van der Waals surface area (Å²) in [5, 5.41) is 3.31. The van der Waals surface area contributed by atoms with Gasteiger partial charge < -0.3 is 11.1 Å². The summed E-state index contributed by atoms with van der Waals surface area (Å²) in [7, 11) is 0. The van der Waals surface area contributed by atoms with Crippen LogP contribution in [0.2, 0.25) is 0 Å². The van der Waals surface area contributed by atoms with Crippen LogP contribution in [0, 0.1) is 0 Å². The van der Waals surface area contributed by atoms with Gasteiger partial charge in [0.25, 0.3) is 0 Å². The predicted octanol–water partition coefficient (Wildman–Crippen LogP) is 1.22. The summed E-state index contributed by atoms with van der Waals surface area (Å²) in [5.74, 6) is 1.19. The highest BCUT2D eigenvalue weighted by molar-refractivity contribution is 5.31. The number of rotatable bonds is 2. The highest BCUT2D eigenvalue weighted by atomic mass is 15.0. The average molecular weight is 206 g/mol. The van der Waals surface area contributed by atoms with Crippen LogP contribution in [0.25, 0.3) is 0 Å². The third-order valence-corrected chi connectivity index (χ3v) is 2.69. The lowest BCUT2D eigenvalue weighted by Crippen LogP contribution is -2.14. The van der Waals surface area contributed by atoms with Crippen molar-refractivity contribution < 1.29 is 0 Å². The first kappa shape index (κ1) is 10.5. The van der Waals surface area contributed by atoms with E-state index in [2.05, 4.69) is 29.1 Å². The van der Waals surface area contributed by atoms with Gasteiger partial charge >= 0.3 is 0 Å². The molecular formula is C11H18N4. The second-order valence-electron chi connectivity index (χ2n) is 4.44. The average Bonchev–Trinajstić information content (AvgIpc) is 2.62. The molecule has 3 N–H and O–H groups in total. The maximum absolute atomic E-state index is 5.83. The van der Waals surface area contributed by atoms with Crippen LogP contribution in [0.15, 0.2) is 0 Å². The molecular weight excluding hydrogens is 188 g/mol. The van der Waals surface area contributed by atoms with E-state index >= 15 is 0 Å². The molecule has 4 nitrogen and oxygen atoms in total. The van der Waals surface area contributed by atoms with Crippen LogP contribution in [0.4, 0.5) is 0 Å². The normalized spacial score (nSPS) is 16.9. The van der Waals surface area contributed by atoms with Crippen LogP contribution in [0.3, 0.4) is 0 Å². The topological polar surface area (TPSA) is 63.8 Å². The quantitative estimate of drug-likeness (QED) is 0.763. The number of nitrogens with zero attached hydrogens (tertiary/aromatic N) is 2. The van der Waals surface area contributed by atoms with Crippen molar-refractivity contribution in [2.75, 3.05) is 0 Å². The predicted molar refractivity (Wildman–Crippen MR) is 59.3 cm³/mol. The Kier molecular flexibility index (Phi) is 2.71. The van der Waals surface area contributed by atoms with E-state index in [4.69, 9.17) is 5.73 Å². The van der Waals surface area contributed by atoms with Gasteiger partial charge in [0.1, 0.15) is 5.82 Å². The number of nitrogens with two attached hydrogens (primary N) is 1. The van der Waals surface area contributed by atoms with E-state index in [1.54, 1.807) is 0 Å². The summed E-state index contributed by atoms with van der Waals surface area (Å²) in [6, 6.07) is -0.0894. The first-order chi connectivity index (χ1) is 7.09. The molecule has 0 bridgehead atoms. The molecule has 1 aliphatic heterocycles. The Balaban J connectivity index is 2.52. The Morgan fingerprint density at radius 2 is 1.93 bits per heavy atom. The number of hydrogen-bond acceptors (Lipinski definition) is 4. The molecule has 1 aliphatic rings. The smallest absolute Gasteiger partial charge is 0.145 e. The fraction of sp³-hybridized carbons (Fsp3) is 0.636. The minimum atomic E-state index is -0.0894. The van der Waals surface area contributed by atoms with E-state index in [9.17, 15) is 0 Å². The van der Waals surface area contributed by atoms with Gasteiger partial charge in [-0.15, -0.1) is 0 Å². The largest absolute Gasteiger partial charge is 0.322 e. The van der Waals surface area contributed by atoms with Gasteiger partial charge in [0, 0.05) is 18.7 Å². The summed E-state index contributed by atoms with van der Waals surface area (Å²) in [5.41, 5.74) is 9.38. The highest BCUT2D eigenvalue weighted by Crippen LogP contribution is 2.24. The number of nitrogens with one attached hydrogen (secondary N) is 1. The van der Waals surface area contributed by atoms with Crippen molar-refractivity contribution in [2.24, 2.45) is 5.73 Å². The summed E-state index contributed by atoms with van der Waals surface area (Å²) in [4.78, 5) is 9.06. The van der Waals surface area contributed by atoms with Crippen LogP contribution in [-0.2, 0) is 13.1 Å². The number of fused-ring (bicyclic) bond motifs is 1. The molecule has 0 spiro atoms. The van der Waals surface area contributed by atoms with Crippen molar-refractivity contribution in [2.45, 2.75) is 45.8 Å². The first-order valence-electron chi connectivity index (χ1n) is 5.45. The van der Waals surface area contributed by atoms with Crippen molar-refractivity contribution >= 4 is 0 Å². The van der Waals surface area contributed by atoms with E-state index in [1.165, 1.54) is 5.56 Å². The van der Waals surface area contributed by atoms with Gasteiger partial charge in [-0.1, -0.05) is 13.8 Å². The van der Waals surface area contributed by atoms with Gasteiger partial charge in [0.05, 0.1) is 17.4 Å². The van der Waals surface area contributed by atoms with Gasteiger partial charge in [-0.05, 0) is 12.8 Å². The Morgan fingerprint density at radius 1 is 1.20 bits per heavy atom. The Morgan fingerprint density at radius 3 is 2.53 bits per heavy atom. The van der Waals surface area contributed by atoms with Crippen LogP contribution < -0.4 is 11.1 Å². The lowest BCUT2D eigenvalue weighted by atomic mass is 10.0. The molecule has 0 radical (unpaired) electrons. The lowest BCUT2D eigenvalue weighted by molar-refractivity contribution is 0.694. The van der Waals surface area contributed by atoms with Gasteiger partial charge in [-0.2, -0.15) is 0 Å². The minimum absolute atomic E-state index is 0.0894. The molecule has 0 amide bonds. The van der Waals surface area contributed by atoms with Gasteiger partial charge in [0.15, 0.2) is 0 Å². The SMILES string of the molecule is CC(C)c1nc(C(C)N)nc2c1CNC2. The molecule has 0 saturated carbocycles. The zero-order chi connectivity index (χ0) is 11.0. The number of aromatic nitrogens is 2. The summed E-state index contributed by atoms with van der Waals surface area (Å²) < 4.78 is 0. The molecule has 82 valence electrons. The molecule has 1 unspecified atom stereocenters. The fourth-order valence-corrected chi connectivity index (χ4v) is 1.90. The second kappa shape index (κ2) is 3.87. The summed E-state index contributed by atoms with van der Waals surface area (Å²) in [6.07, 6.45) is 0. The van der Waals surface area contributed by atoms with E-state index in [0.717, 1.165) is 30.3 Å². The number of hydrogen-bond donors (Lipinski definition) is 2. The van der Waals surface area contributed by atoms with Crippen molar-refractivity contribution in [3.8, 4) is 0 Å². The maximum atomic E-state index is 5.83. The van der Waals surface area contributed by atoms with E-state index < -0.39 is 0 Å².